The van der Waals surface area contributed by atoms with Crippen molar-refractivity contribution in [3.05, 3.63) is 59.7 Å². The number of rotatable bonds is 5. The second-order valence-corrected chi connectivity index (χ2v) is 9.86. The first-order chi connectivity index (χ1) is 13.9. The molecule has 1 amide bonds. The lowest BCUT2D eigenvalue weighted by Crippen LogP contribution is -2.50. The number of sulfonamides is 1. The van der Waals surface area contributed by atoms with Crippen LogP contribution in [0.5, 0.6) is 5.75 Å². The minimum absolute atomic E-state index is 0.133. The van der Waals surface area contributed by atoms with Gasteiger partial charge in [-0.25, -0.2) is 17.2 Å². The number of para-hydroxylation sites is 1. The molecule has 0 aromatic heterocycles. The summed E-state index contributed by atoms with van der Waals surface area (Å²) in [5, 5.41) is 2.89. The van der Waals surface area contributed by atoms with Gasteiger partial charge in [0.15, 0.2) is 11.6 Å². The number of hydrogen-bond donors (Lipinski definition) is 1. The van der Waals surface area contributed by atoms with Crippen LogP contribution in [0.3, 0.4) is 0 Å². The lowest BCUT2D eigenvalue weighted by atomic mass is 9.89. The maximum absolute atomic E-state index is 13.7. The van der Waals surface area contributed by atoms with E-state index in [0.29, 0.717) is 12.2 Å². The number of halogens is 2. The molecule has 0 unspecified atom stereocenters. The molecule has 1 heterocycles. The molecule has 6 nitrogen and oxygen atoms in total. The molecule has 1 aliphatic rings. The first-order valence-electron chi connectivity index (χ1n) is 9.42. The van der Waals surface area contributed by atoms with Crippen molar-refractivity contribution in [1.82, 2.24) is 5.32 Å². The van der Waals surface area contributed by atoms with Gasteiger partial charge in [-0.05, 0) is 39.0 Å². The number of hydrogen-bond acceptors (Lipinski definition) is 4. The summed E-state index contributed by atoms with van der Waals surface area (Å²) in [4.78, 5) is 13.0. The van der Waals surface area contributed by atoms with Gasteiger partial charge in [-0.2, -0.15) is 0 Å². The zero-order valence-corrected chi connectivity index (χ0v) is 18.0. The summed E-state index contributed by atoms with van der Waals surface area (Å²) in [7, 11) is -3.96. The highest BCUT2D eigenvalue weighted by molar-refractivity contribution is 7.92. The second-order valence-electron chi connectivity index (χ2n) is 8.00. The minimum Gasteiger partial charge on any atom is -0.487 e. The summed E-state index contributed by atoms with van der Waals surface area (Å²) in [5.74, 6) is -2.23. The molecule has 0 aliphatic carbocycles. The molecule has 1 N–H and O–H groups in total. The first kappa shape index (κ1) is 22.0. The molecule has 9 heteroatoms. The zero-order chi connectivity index (χ0) is 22.3. The minimum atomic E-state index is -3.96. The fraction of sp³-hybridized carbons (Fsp3) is 0.381. The number of nitrogens with one attached hydrogen (secondary N) is 1. The fourth-order valence-corrected chi connectivity index (χ4v) is 4.82. The number of ether oxygens (including phenoxy) is 1. The molecule has 2 aromatic carbocycles. The van der Waals surface area contributed by atoms with E-state index >= 15 is 0 Å². The Morgan fingerprint density at radius 2 is 1.87 bits per heavy atom. The van der Waals surface area contributed by atoms with Crippen LogP contribution in [0.1, 0.15) is 38.8 Å². The highest BCUT2D eigenvalue weighted by atomic mass is 32.2. The quantitative estimate of drug-likeness (QED) is 0.775. The Balaban J connectivity index is 1.90. The standard InChI is InChI=1S/C21H24F2N2O4S/c1-13(25(30(4,27)28)14-9-10-16(22)17(23)11-14)20(26)24-18-12-21(2,3)29-19-8-6-5-7-15(18)19/h5-11,13,18H,12H2,1-4H3,(H,24,26)/t13-,18-/m0/s1. The number of fused-ring (bicyclic) bond motifs is 1. The fourth-order valence-electron chi connectivity index (χ4n) is 3.65. The maximum atomic E-state index is 13.7. The predicted octanol–water partition coefficient (Wildman–Crippen LogP) is 3.54. The number of amides is 1. The number of nitrogens with zero attached hydrogens (tertiary/aromatic N) is 1. The molecule has 1 aliphatic heterocycles. The van der Waals surface area contributed by atoms with Gasteiger partial charge in [-0.3, -0.25) is 9.10 Å². The molecule has 162 valence electrons. The third-order valence-electron chi connectivity index (χ3n) is 4.94. The van der Waals surface area contributed by atoms with Crippen molar-refractivity contribution >= 4 is 21.6 Å². The number of benzene rings is 2. The van der Waals surface area contributed by atoms with Gasteiger partial charge in [0.2, 0.25) is 15.9 Å². The monoisotopic (exact) mass is 438 g/mol. The van der Waals surface area contributed by atoms with Gasteiger partial charge < -0.3 is 10.1 Å². The SMILES string of the molecule is C[C@@H](C(=O)N[C@H]1CC(C)(C)Oc2ccccc21)N(c1ccc(F)c(F)c1)S(C)(=O)=O. The normalized spacial score (nSPS) is 18.7. The van der Waals surface area contributed by atoms with E-state index in [9.17, 15) is 22.0 Å². The molecule has 30 heavy (non-hydrogen) atoms. The number of anilines is 1. The van der Waals surface area contributed by atoms with Gasteiger partial charge in [-0.1, -0.05) is 18.2 Å². The van der Waals surface area contributed by atoms with Gasteiger partial charge in [0.05, 0.1) is 18.0 Å². The molecule has 2 aromatic rings. The average Bonchev–Trinajstić information content (AvgIpc) is 2.62. The van der Waals surface area contributed by atoms with Crippen LogP contribution in [-0.2, 0) is 14.8 Å². The summed E-state index contributed by atoms with van der Waals surface area (Å²) >= 11 is 0. The van der Waals surface area contributed by atoms with E-state index in [1.54, 1.807) is 0 Å². The van der Waals surface area contributed by atoms with Crippen LogP contribution in [0.25, 0.3) is 0 Å². The number of carbonyl (C=O) groups is 1. The van der Waals surface area contributed by atoms with Crippen LogP contribution in [-0.4, -0.2) is 32.2 Å². The smallest absolute Gasteiger partial charge is 0.244 e. The van der Waals surface area contributed by atoms with Crippen molar-refractivity contribution in [2.75, 3.05) is 10.6 Å². The Labute approximate surface area is 174 Å². The summed E-state index contributed by atoms with van der Waals surface area (Å²) in [6.07, 6.45) is 1.39. The number of carbonyl (C=O) groups excluding carboxylic acids is 1. The molecule has 0 radical (unpaired) electrons. The van der Waals surface area contributed by atoms with E-state index < -0.39 is 45.2 Å². The van der Waals surface area contributed by atoms with Crippen molar-refractivity contribution in [2.24, 2.45) is 0 Å². The van der Waals surface area contributed by atoms with E-state index in [0.717, 1.165) is 34.3 Å². The van der Waals surface area contributed by atoms with Crippen LogP contribution in [0, 0.1) is 11.6 Å². The molecule has 0 saturated heterocycles. The van der Waals surface area contributed by atoms with E-state index in [4.69, 9.17) is 4.74 Å². The Morgan fingerprint density at radius 3 is 2.50 bits per heavy atom. The molecule has 0 bridgehead atoms. The molecule has 2 atom stereocenters. The van der Waals surface area contributed by atoms with Crippen LogP contribution >= 0.6 is 0 Å². The van der Waals surface area contributed by atoms with Crippen molar-refractivity contribution < 1.29 is 26.7 Å². The van der Waals surface area contributed by atoms with Gasteiger partial charge in [0.1, 0.15) is 17.4 Å². The Hall–Kier alpha value is -2.68. The first-order valence-corrected chi connectivity index (χ1v) is 11.3. The predicted molar refractivity (Wildman–Crippen MR) is 110 cm³/mol. The maximum Gasteiger partial charge on any atom is 0.244 e. The van der Waals surface area contributed by atoms with E-state index in [2.05, 4.69) is 5.32 Å². The average molecular weight is 438 g/mol. The van der Waals surface area contributed by atoms with E-state index in [-0.39, 0.29) is 5.69 Å². The van der Waals surface area contributed by atoms with Gasteiger partial charge >= 0.3 is 0 Å². The molecule has 0 fully saturated rings. The largest absolute Gasteiger partial charge is 0.487 e. The molecular formula is C21H24F2N2O4S. The topological polar surface area (TPSA) is 75.7 Å². The summed E-state index contributed by atoms with van der Waals surface area (Å²) in [6, 6.07) is 8.42. The van der Waals surface area contributed by atoms with Gasteiger partial charge in [0, 0.05) is 18.1 Å². The van der Waals surface area contributed by atoms with Crippen LogP contribution in [0.2, 0.25) is 0 Å². The highest BCUT2D eigenvalue weighted by Gasteiger charge is 2.37. The summed E-state index contributed by atoms with van der Waals surface area (Å²) in [6.45, 7) is 5.19. The molecule has 3 rings (SSSR count). The third-order valence-corrected chi connectivity index (χ3v) is 6.18. The zero-order valence-electron chi connectivity index (χ0n) is 17.1. The summed E-state index contributed by atoms with van der Waals surface area (Å²) in [5.41, 5.74) is 0.120. The lowest BCUT2D eigenvalue weighted by molar-refractivity contribution is -0.123. The highest BCUT2D eigenvalue weighted by Crippen LogP contribution is 2.39. The third kappa shape index (κ3) is 4.56. The van der Waals surface area contributed by atoms with Crippen molar-refractivity contribution in [1.29, 1.82) is 0 Å². The molecule has 0 saturated carbocycles. The van der Waals surface area contributed by atoms with Crippen LogP contribution < -0.4 is 14.4 Å². The molecular weight excluding hydrogens is 414 g/mol. The Kier molecular flexibility index (Phi) is 5.77. The Bertz CT molecular complexity index is 1070. The van der Waals surface area contributed by atoms with Crippen molar-refractivity contribution in [3.8, 4) is 5.75 Å². The van der Waals surface area contributed by atoms with E-state index in [1.165, 1.54) is 6.92 Å². The van der Waals surface area contributed by atoms with Crippen molar-refractivity contribution in [2.45, 2.75) is 44.9 Å². The van der Waals surface area contributed by atoms with Crippen LogP contribution in [0.15, 0.2) is 42.5 Å². The lowest BCUT2D eigenvalue weighted by Gasteiger charge is -2.38. The van der Waals surface area contributed by atoms with Crippen molar-refractivity contribution in [3.63, 3.8) is 0 Å². The van der Waals surface area contributed by atoms with Gasteiger partial charge in [0.25, 0.3) is 0 Å². The van der Waals surface area contributed by atoms with Gasteiger partial charge in [-0.15, -0.1) is 0 Å². The van der Waals surface area contributed by atoms with E-state index in [1.807, 2.05) is 38.1 Å². The Morgan fingerprint density at radius 1 is 1.20 bits per heavy atom. The summed E-state index contributed by atoms with van der Waals surface area (Å²) < 4.78 is 58.5. The van der Waals surface area contributed by atoms with Crippen LogP contribution in [0.4, 0.5) is 14.5 Å². The molecule has 0 spiro atoms. The second kappa shape index (κ2) is 7.86.